The predicted molar refractivity (Wildman–Crippen MR) is 59.5 cm³/mol. The zero-order valence-electron chi connectivity index (χ0n) is 9.71. The Morgan fingerprint density at radius 3 is 2.29 bits per heavy atom. The summed E-state index contributed by atoms with van der Waals surface area (Å²) in [5.74, 6) is -2.71. The Bertz CT molecular complexity index is 387. The van der Waals surface area contributed by atoms with E-state index in [1.54, 1.807) is 13.8 Å². The molecule has 1 unspecified atom stereocenters. The summed E-state index contributed by atoms with van der Waals surface area (Å²) in [7, 11) is 0. The Hall–Kier alpha value is -1.49. The minimum Gasteiger partial charge on any atom is -0.394 e. The van der Waals surface area contributed by atoms with Crippen LogP contribution >= 0.6 is 0 Å². The first-order valence-corrected chi connectivity index (χ1v) is 5.33. The summed E-state index contributed by atoms with van der Waals surface area (Å²) in [4.78, 5) is 11.7. The summed E-state index contributed by atoms with van der Waals surface area (Å²) in [5, 5.41) is 11.4. The lowest BCUT2D eigenvalue weighted by Gasteiger charge is -2.20. The fraction of sp³-hybridized carbons (Fsp3) is 0.417. The average Bonchev–Trinajstić information content (AvgIpc) is 2.25. The fourth-order valence-corrected chi connectivity index (χ4v) is 1.38. The van der Waals surface area contributed by atoms with Gasteiger partial charge in [-0.05, 0) is 18.1 Å². The fourth-order valence-electron chi connectivity index (χ4n) is 1.38. The first-order valence-electron chi connectivity index (χ1n) is 5.33. The van der Waals surface area contributed by atoms with Gasteiger partial charge < -0.3 is 10.4 Å². The number of carbonyl (C=O) groups excluding carboxylic acids is 1. The van der Waals surface area contributed by atoms with Crippen molar-refractivity contribution < 1.29 is 18.7 Å². The molecule has 0 fully saturated rings. The maximum absolute atomic E-state index is 13.3. The second kappa shape index (κ2) is 5.72. The smallest absolute Gasteiger partial charge is 0.257 e. The van der Waals surface area contributed by atoms with Crippen molar-refractivity contribution in [2.75, 3.05) is 6.61 Å². The van der Waals surface area contributed by atoms with E-state index in [4.69, 9.17) is 5.11 Å². The van der Waals surface area contributed by atoms with Crippen LogP contribution in [0.1, 0.15) is 24.2 Å². The Kier molecular flexibility index (Phi) is 4.57. The molecule has 0 aromatic heterocycles. The van der Waals surface area contributed by atoms with E-state index in [2.05, 4.69) is 5.32 Å². The third kappa shape index (κ3) is 3.23. The molecule has 94 valence electrons. The van der Waals surface area contributed by atoms with Gasteiger partial charge in [-0.25, -0.2) is 8.78 Å². The third-order valence-electron chi connectivity index (χ3n) is 2.51. The number of halogens is 2. The number of nitrogens with one attached hydrogen (secondary N) is 1. The monoisotopic (exact) mass is 243 g/mol. The number of hydrogen-bond acceptors (Lipinski definition) is 2. The summed E-state index contributed by atoms with van der Waals surface area (Å²) in [5.41, 5.74) is -0.619. The third-order valence-corrected chi connectivity index (χ3v) is 2.51. The van der Waals surface area contributed by atoms with Gasteiger partial charge in [0, 0.05) is 0 Å². The summed E-state index contributed by atoms with van der Waals surface area (Å²) >= 11 is 0. The summed E-state index contributed by atoms with van der Waals surface area (Å²) < 4.78 is 26.6. The summed E-state index contributed by atoms with van der Waals surface area (Å²) in [6.07, 6.45) is 0. The van der Waals surface area contributed by atoms with Crippen LogP contribution in [0.25, 0.3) is 0 Å². The predicted octanol–water partition coefficient (Wildman–Crippen LogP) is 1.71. The molecule has 0 saturated heterocycles. The molecule has 1 rings (SSSR count). The lowest BCUT2D eigenvalue weighted by molar-refractivity contribution is 0.0888. The van der Waals surface area contributed by atoms with Crippen molar-refractivity contribution in [3.8, 4) is 0 Å². The van der Waals surface area contributed by atoms with Crippen LogP contribution in [0.15, 0.2) is 18.2 Å². The molecule has 1 aromatic carbocycles. The van der Waals surface area contributed by atoms with Crippen molar-refractivity contribution in [3.05, 3.63) is 35.4 Å². The normalized spacial score (nSPS) is 12.6. The van der Waals surface area contributed by atoms with Gasteiger partial charge in [0.05, 0.1) is 12.6 Å². The zero-order chi connectivity index (χ0) is 13.0. The second-order valence-electron chi connectivity index (χ2n) is 4.10. The molecule has 0 aliphatic carbocycles. The van der Waals surface area contributed by atoms with Gasteiger partial charge in [-0.3, -0.25) is 4.79 Å². The molecule has 2 N–H and O–H groups in total. The minimum absolute atomic E-state index is 0.0289. The van der Waals surface area contributed by atoms with Crippen LogP contribution in [-0.4, -0.2) is 23.7 Å². The highest BCUT2D eigenvalue weighted by molar-refractivity contribution is 5.94. The van der Waals surface area contributed by atoms with Gasteiger partial charge in [-0.2, -0.15) is 0 Å². The molecule has 0 aliphatic heterocycles. The van der Waals surface area contributed by atoms with E-state index < -0.39 is 29.1 Å². The molecule has 0 heterocycles. The van der Waals surface area contributed by atoms with Crippen molar-refractivity contribution in [3.63, 3.8) is 0 Å². The molecule has 0 saturated carbocycles. The van der Waals surface area contributed by atoms with E-state index in [1.807, 2.05) is 0 Å². The van der Waals surface area contributed by atoms with E-state index in [-0.39, 0.29) is 12.5 Å². The van der Waals surface area contributed by atoms with Crippen molar-refractivity contribution >= 4 is 5.91 Å². The van der Waals surface area contributed by atoms with Gasteiger partial charge in [0.15, 0.2) is 0 Å². The Morgan fingerprint density at radius 1 is 1.35 bits per heavy atom. The molecular formula is C12H15F2NO2. The van der Waals surface area contributed by atoms with E-state index >= 15 is 0 Å². The van der Waals surface area contributed by atoms with Crippen LogP contribution in [0.5, 0.6) is 0 Å². The summed E-state index contributed by atoms with van der Waals surface area (Å²) in [6.45, 7) is 3.30. The van der Waals surface area contributed by atoms with Gasteiger partial charge in [0.2, 0.25) is 0 Å². The molecule has 0 spiro atoms. The Labute approximate surface area is 98.5 Å². The van der Waals surface area contributed by atoms with Crippen LogP contribution < -0.4 is 5.32 Å². The van der Waals surface area contributed by atoms with Crippen LogP contribution in [0.2, 0.25) is 0 Å². The Balaban J connectivity index is 2.90. The molecule has 5 heteroatoms. The van der Waals surface area contributed by atoms with Crippen molar-refractivity contribution in [1.82, 2.24) is 5.32 Å². The van der Waals surface area contributed by atoms with Crippen LogP contribution in [0.3, 0.4) is 0 Å². The standard InChI is InChI=1S/C12H15F2NO2/c1-7(2)10(6-16)15-12(17)11-8(13)4-3-5-9(11)14/h3-5,7,10,16H,6H2,1-2H3,(H,15,17). The lowest BCUT2D eigenvalue weighted by atomic mass is 10.0. The Morgan fingerprint density at radius 2 is 1.88 bits per heavy atom. The van der Waals surface area contributed by atoms with Crippen molar-refractivity contribution in [2.24, 2.45) is 5.92 Å². The van der Waals surface area contributed by atoms with Crippen molar-refractivity contribution in [2.45, 2.75) is 19.9 Å². The van der Waals surface area contributed by atoms with Gasteiger partial charge >= 0.3 is 0 Å². The summed E-state index contributed by atoms with van der Waals surface area (Å²) in [6, 6.07) is 2.69. The molecule has 1 atom stereocenters. The minimum atomic E-state index is -0.914. The highest BCUT2D eigenvalue weighted by Gasteiger charge is 2.21. The van der Waals surface area contributed by atoms with Gasteiger partial charge in [0.25, 0.3) is 5.91 Å². The van der Waals surface area contributed by atoms with Crippen LogP contribution in [0, 0.1) is 17.6 Å². The van der Waals surface area contributed by atoms with Gasteiger partial charge in [-0.15, -0.1) is 0 Å². The lowest BCUT2D eigenvalue weighted by Crippen LogP contribution is -2.41. The maximum atomic E-state index is 13.3. The number of amides is 1. The first-order chi connectivity index (χ1) is 7.97. The van der Waals surface area contributed by atoms with E-state index in [0.29, 0.717) is 0 Å². The first kappa shape index (κ1) is 13.6. The van der Waals surface area contributed by atoms with E-state index in [1.165, 1.54) is 6.07 Å². The second-order valence-corrected chi connectivity index (χ2v) is 4.10. The SMILES string of the molecule is CC(C)C(CO)NC(=O)c1c(F)cccc1F. The average molecular weight is 243 g/mol. The van der Waals surface area contributed by atoms with Crippen LogP contribution in [-0.2, 0) is 0 Å². The quantitative estimate of drug-likeness (QED) is 0.845. The van der Waals surface area contributed by atoms with Gasteiger partial charge in [0.1, 0.15) is 17.2 Å². The molecule has 1 aromatic rings. The number of aliphatic hydroxyl groups is 1. The highest BCUT2D eigenvalue weighted by atomic mass is 19.1. The van der Waals surface area contributed by atoms with E-state index in [0.717, 1.165) is 12.1 Å². The molecular weight excluding hydrogens is 228 g/mol. The topological polar surface area (TPSA) is 49.3 Å². The molecule has 0 aliphatic rings. The molecule has 17 heavy (non-hydrogen) atoms. The number of rotatable bonds is 4. The molecule has 0 radical (unpaired) electrons. The largest absolute Gasteiger partial charge is 0.394 e. The maximum Gasteiger partial charge on any atom is 0.257 e. The number of benzene rings is 1. The van der Waals surface area contributed by atoms with E-state index in [9.17, 15) is 13.6 Å². The molecule has 3 nitrogen and oxygen atoms in total. The number of hydrogen-bond donors (Lipinski definition) is 2. The number of aliphatic hydroxyl groups excluding tert-OH is 1. The van der Waals surface area contributed by atoms with Gasteiger partial charge in [-0.1, -0.05) is 19.9 Å². The van der Waals surface area contributed by atoms with Crippen molar-refractivity contribution in [1.29, 1.82) is 0 Å². The molecule has 0 bridgehead atoms. The number of carbonyl (C=O) groups is 1. The highest BCUT2D eigenvalue weighted by Crippen LogP contribution is 2.12. The molecule has 1 amide bonds. The van der Waals surface area contributed by atoms with Crippen LogP contribution in [0.4, 0.5) is 8.78 Å². The zero-order valence-corrected chi connectivity index (χ0v) is 9.71.